The minimum absolute atomic E-state index is 0.347. The van der Waals surface area contributed by atoms with Crippen LogP contribution in [-0.2, 0) is 6.18 Å². The van der Waals surface area contributed by atoms with Crippen LogP contribution < -0.4 is 16.2 Å². The largest absolute Gasteiger partial charge is 0.417 e. The number of alkyl halides is 3. The van der Waals surface area contributed by atoms with Crippen molar-refractivity contribution in [3.05, 3.63) is 70.8 Å². The number of anilines is 2. The topological polar surface area (TPSA) is 78.9 Å². The molecule has 14 heteroatoms. The zero-order valence-electron chi connectivity index (χ0n) is 15.3. The third-order valence-electron chi connectivity index (χ3n) is 3.94. The molecule has 0 unspecified atom stereocenters. The van der Waals surface area contributed by atoms with Crippen molar-refractivity contribution in [2.75, 3.05) is 10.7 Å². The van der Waals surface area contributed by atoms with Crippen molar-refractivity contribution >= 4 is 29.0 Å². The highest BCUT2D eigenvalue weighted by Gasteiger charge is 2.33. The number of hydrogen-bond donors (Lipinski definition) is 3. The number of halogens is 8. The second-order valence-electron chi connectivity index (χ2n) is 6.03. The van der Waals surface area contributed by atoms with Gasteiger partial charge in [-0.25, -0.2) is 32.3 Å². The summed E-state index contributed by atoms with van der Waals surface area (Å²) in [5, 5.41) is 1.31. The fourth-order valence-corrected chi connectivity index (χ4v) is 2.75. The van der Waals surface area contributed by atoms with Crippen molar-refractivity contribution in [2.45, 2.75) is 6.18 Å². The van der Waals surface area contributed by atoms with E-state index in [1.165, 1.54) is 0 Å². The Balaban J connectivity index is 1.80. The molecule has 32 heavy (non-hydrogen) atoms. The first kappa shape index (κ1) is 23.1. The van der Waals surface area contributed by atoms with Gasteiger partial charge in [0.25, 0.3) is 0 Å². The number of aromatic nitrogens is 2. The zero-order chi connectivity index (χ0) is 23.6. The van der Waals surface area contributed by atoms with Crippen LogP contribution in [0.2, 0.25) is 5.02 Å². The van der Waals surface area contributed by atoms with Crippen molar-refractivity contribution in [3.63, 3.8) is 0 Å². The smallest absolute Gasteiger partial charge is 0.307 e. The second kappa shape index (κ2) is 8.86. The molecule has 2 amide bonds. The number of nitrogens with one attached hydrogen (secondary N) is 3. The van der Waals surface area contributed by atoms with Gasteiger partial charge in [0.15, 0.2) is 23.3 Å². The zero-order valence-corrected chi connectivity index (χ0v) is 16.0. The molecule has 0 atom stereocenters. The lowest BCUT2D eigenvalue weighted by Gasteiger charge is -2.15. The number of urea groups is 1. The molecule has 0 aliphatic rings. The van der Waals surface area contributed by atoms with E-state index in [1.54, 1.807) is 10.9 Å². The van der Waals surface area contributed by atoms with Gasteiger partial charge in [-0.05, 0) is 18.2 Å². The summed E-state index contributed by atoms with van der Waals surface area (Å²) in [5.74, 6) is -7.35. The van der Waals surface area contributed by atoms with E-state index in [0.717, 1.165) is 30.9 Å². The highest BCUT2D eigenvalue weighted by molar-refractivity contribution is 6.31. The number of hydrogen-bond acceptors (Lipinski definition) is 4. The molecule has 0 aliphatic heterocycles. The van der Waals surface area contributed by atoms with Gasteiger partial charge < -0.3 is 5.32 Å². The molecule has 1 heterocycles. The molecule has 2 aromatic carbocycles. The van der Waals surface area contributed by atoms with Gasteiger partial charge in [-0.1, -0.05) is 11.6 Å². The standard InChI is InChI=1S/C18H9ClF7N5O/c19-10-2-1-8(3-9(10)18(24,25)26)29-17(32)31-30-16-14(22)12(20)11(13(21)15(16)23)7-4-27-6-28-5-7/h1-6,30H,(H2,29,31,32). The van der Waals surface area contributed by atoms with Crippen molar-refractivity contribution < 1.29 is 35.5 Å². The van der Waals surface area contributed by atoms with E-state index in [0.29, 0.717) is 6.07 Å². The fraction of sp³-hybridized carbons (Fsp3) is 0.0556. The first-order valence-electron chi connectivity index (χ1n) is 8.31. The van der Waals surface area contributed by atoms with E-state index in [-0.39, 0.29) is 11.3 Å². The molecule has 3 N–H and O–H groups in total. The van der Waals surface area contributed by atoms with E-state index in [2.05, 4.69) is 9.97 Å². The lowest BCUT2D eigenvalue weighted by molar-refractivity contribution is -0.137. The molecule has 6 nitrogen and oxygen atoms in total. The van der Waals surface area contributed by atoms with Crippen LogP contribution in [0.25, 0.3) is 11.1 Å². The van der Waals surface area contributed by atoms with Gasteiger partial charge in [0, 0.05) is 23.6 Å². The number of hydrazine groups is 1. The van der Waals surface area contributed by atoms with E-state index < -0.39 is 57.3 Å². The van der Waals surface area contributed by atoms with Gasteiger partial charge in [-0.2, -0.15) is 13.2 Å². The molecule has 0 saturated heterocycles. The van der Waals surface area contributed by atoms with Gasteiger partial charge in [0.2, 0.25) is 0 Å². The molecule has 0 radical (unpaired) electrons. The maximum Gasteiger partial charge on any atom is 0.417 e. The molecule has 0 bridgehead atoms. The van der Waals surface area contributed by atoms with Gasteiger partial charge in [-0.3, -0.25) is 10.9 Å². The summed E-state index contributed by atoms with van der Waals surface area (Å²) < 4.78 is 95.9. The minimum atomic E-state index is -4.81. The minimum Gasteiger partial charge on any atom is -0.307 e. The average molecular weight is 480 g/mol. The van der Waals surface area contributed by atoms with E-state index in [1.807, 2.05) is 5.32 Å². The van der Waals surface area contributed by atoms with Crippen LogP contribution in [0.5, 0.6) is 0 Å². The predicted molar refractivity (Wildman–Crippen MR) is 99.5 cm³/mol. The van der Waals surface area contributed by atoms with E-state index >= 15 is 0 Å². The predicted octanol–water partition coefficient (Wildman–Crippen LogP) is 5.52. The number of amides is 2. The molecular weight excluding hydrogens is 471 g/mol. The number of nitrogens with zero attached hydrogens (tertiary/aromatic N) is 2. The second-order valence-corrected chi connectivity index (χ2v) is 6.44. The Morgan fingerprint density at radius 3 is 2.09 bits per heavy atom. The number of benzene rings is 2. The van der Waals surface area contributed by atoms with Crippen LogP contribution in [0.3, 0.4) is 0 Å². The number of carbonyl (C=O) groups excluding carboxylic acids is 1. The molecule has 1 aromatic heterocycles. The lowest BCUT2D eigenvalue weighted by Crippen LogP contribution is -2.34. The molecule has 0 spiro atoms. The lowest BCUT2D eigenvalue weighted by atomic mass is 10.1. The van der Waals surface area contributed by atoms with Crippen molar-refractivity contribution in [2.24, 2.45) is 0 Å². The molecule has 0 aliphatic carbocycles. The Morgan fingerprint density at radius 2 is 1.53 bits per heavy atom. The maximum absolute atomic E-state index is 14.3. The Labute approximate surface area is 179 Å². The third-order valence-corrected chi connectivity index (χ3v) is 4.27. The highest BCUT2D eigenvalue weighted by atomic mass is 35.5. The van der Waals surface area contributed by atoms with E-state index in [9.17, 15) is 35.5 Å². The Kier molecular flexibility index (Phi) is 6.39. The summed E-state index contributed by atoms with van der Waals surface area (Å²) in [6.07, 6.45) is -1.93. The Hall–Kier alpha value is -3.61. The SMILES string of the molecule is O=C(NNc1c(F)c(F)c(-c2cncnc2)c(F)c1F)Nc1ccc(Cl)c(C(F)(F)F)c1. The molecule has 3 aromatic rings. The summed E-state index contributed by atoms with van der Waals surface area (Å²) in [4.78, 5) is 18.9. The van der Waals surface area contributed by atoms with Crippen LogP contribution in [-0.4, -0.2) is 16.0 Å². The summed E-state index contributed by atoms with van der Waals surface area (Å²) in [7, 11) is 0. The van der Waals surface area contributed by atoms with Crippen LogP contribution in [0.1, 0.15) is 5.56 Å². The molecule has 0 saturated carbocycles. The average Bonchev–Trinajstić information content (AvgIpc) is 2.74. The summed E-state index contributed by atoms with van der Waals surface area (Å²) >= 11 is 5.46. The highest BCUT2D eigenvalue weighted by Crippen LogP contribution is 2.36. The summed E-state index contributed by atoms with van der Waals surface area (Å²) in [6, 6.07) is 1.09. The molecule has 3 rings (SSSR count). The van der Waals surface area contributed by atoms with Gasteiger partial charge in [0.1, 0.15) is 12.0 Å². The third kappa shape index (κ3) is 4.66. The quantitative estimate of drug-likeness (QED) is 0.261. The van der Waals surface area contributed by atoms with Gasteiger partial charge >= 0.3 is 12.2 Å². The van der Waals surface area contributed by atoms with Crippen LogP contribution in [0, 0.1) is 23.3 Å². The van der Waals surface area contributed by atoms with Crippen molar-refractivity contribution in [3.8, 4) is 11.1 Å². The van der Waals surface area contributed by atoms with Crippen molar-refractivity contribution in [1.82, 2.24) is 15.4 Å². The Bertz CT molecular complexity index is 1150. The summed E-state index contributed by atoms with van der Waals surface area (Å²) in [6.45, 7) is 0. The van der Waals surface area contributed by atoms with Gasteiger partial charge in [-0.15, -0.1) is 0 Å². The van der Waals surface area contributed by atoms with Gasteiger partial charge in [0.05, 0.1) is 16.1 Å². The molecule has 168 valence electrons. The maximum atomic E-state index is 14.3. The van der Waals surface area contributed by atoms with Crippen LogP contribution >= 0.6 is 11.6 Å². The number of carbonyl (C=O) groups is 1. The molecule has 0 fully saturated rings. The van der Waals surface area contributed by atoms with E-state index in [4.69, 9.17) is 11.6 Å². The fourth-order valence-electron chi connectivity index (χ4n) is 2.52. The van der Waals surface area contributed by atoms with Crippen LogP contribution in [0.15, 0.2) is 36.9 Å². The van der Waals surface area contributed by atoms with Crippen molar-refractivity contribution in [1.29, 1.82) is 0 Å². The number of rotatable bonds is 4. The Morgan fingerprint density at radius 1 is 0.938 bits per heavy atom. The molecular formula is C18H9ClF7N5O. The van der Waals surface area contributed by atoms with Crippen LogP contribution in [0.4, 0.5) is 46.9 Å². The summed E-state index contributed by atoms with van der Waals surface area (Å²) in [5.41, 5.74) is -1.12. The normalized spacial score (nSPS) is 11.2. The first-order chi connectivity index (χ1) is 15.0. The first-order valence-corrected chi connectivity index (χ1v) is 8.69. The monoisotopic (exact) mass is 479 g/mol.